The molecule has 1 rings (SSSR count). The molecule has 0 unspecified atom stereocenters. The molecule has 1 aromatic rings. The van der Waals surface area contributed by atoms with Crippen LogP contribution in [0, 0.1) is 0 Å². The molecule has 0 saturated heterocycles. The molecule has 0 aliphatic rings. The number of carbonyl (C=O) groups excluding carboxylic acids is 1. The molecule has 1 heterocycles. The molecule has 90 valence electrons. The van der Waals surface area contributed by atoms with Crippen molar-refractivity contribution < 1.29 is 4.79 Å². The van der Waals surface area contributed by atoms with Crippen molar-refractivity contribution in [2.75, 3.05) is 11.4 Å². The fraction of sp³-hybridized carbons (Fsp3) is 0.308. The molecule has 1 amide bonds. The number of hydrogen-bond acceptors (Lipinski definition) is 3. The summed E-state index contributed by atoms with van der Waals surface area (Å²) in [5.74, 6) is -0.0597. The highest BCUT2D eigenvalue weighted by molar-refractivity contribution is 6.07. The highest BCUT2D eigenvalue weighted by atomic mass is 16.2. The summed E-state index contributed by atoms with van der Waals surface area (Å²) in [7, 11) is 0. The third kappa shape index (κ3) is 3.00. The zero-order valence-corrected chi connectivity index (χ0v) is 10.5. The first-order chi connectivity index (χ1) is 8.11. The Labute approximate surface area is 102 Å². The van der Waals surface area contributed by atoms with Gasteiger partial charge in [0.05, 0.1) is 18.1 Å². The predicted molar refractivity (Wildman–Crippen MR) is 68.6 cm³/mol. The van der Waals surface area contributed by atoms with E-state index in [9.17, 15) is 4.79 Å². The number of hydrogen-bond donors (Lipinski definition) is 0. The number of likely N-dealkylation sites (N-methyl/N-ethyl adjacent to an activating group) is 1. The summed E-state index contributed by atoms with van der Waals surface area (Å²) in [5.41, 5.74) is 2.32. The van der Waals surface area contributed by atoms with Crippen molar-refractivity contribution in [1.82, 2.24) is 10.2 Å². The summed E-state index contributed by atoms with van der Waals surface area (Å²) in [6.45, 7) is 9.97. The Morgan fingerprint density at radius 2 is 2.18 bits per heavy atom. The molecule has 0 atom stereocenters. The summed E-state index contributed by atoms with van der Waals surface area (Å²) in [4.78, 5) is 13.9. The molecule has 0 fully saturated rings. The van der Waals surface area contributed by atoms with E-state index in [1.807, 2.05) is 20.8 Å². The number of aromatic nitrogens is 2. The van der Waals surface area contributed by atoms with Crippen LogP contribution in [0.25, 0.3) is 0 Å². The molecule has 0 spiro atoms. The smallest absolute Gasteiger partial charge is 0.258 e. The molecule has 4 heteroatoms. The van der Waals surface area contributed by atoms with Crippen LogP contribution >= 0.6 is 0 Å². The first-order valence-electron chi connectivity index (χ1n) is 5.50. The number of anilines is 1. The van der Waals surface area contributed by atoms with Gasteiger partial charge < -0.3 is 4.90 Å². The van der Waals surface area contributed by atoms with Crippen molar-refractivity contribution in [2.24, 2.45) is 0 Å². The van der Waals surface area contributed by atoms with Gasteiger partial charge in [-0.3, -0.25) is 4.79 Å². The van der Waals surface area contributed by atoms with Crippen molar-refractivity contribution in [2.45, 2.75) is 20.8 Å². The van der Waals surface area contributed by atoms with Gasteiger partial charge in [0.1, 0.15) is 0 Å². The third-order valence-electron chi connectivity index (χ3n) is 2.41. The lowest BCUT2D eigenvalue weighted by molar-refractivity contribution is -0.114. The lowest BCUT2D eigenvalue weighted by atomic mass is 10.1. The van der Waals surface area contributed by atoms with E-state index in [1.165, 1.54) is 0 Å². The molecule has 1 aromatic heterocycles. The maximum absolute atomic E-state index is 12.3. The monoisotopic (exact) mass is 231 g/mol. The van der Waals surface area contributed by atoms with Crippen molar-refractivity contribution in [3.05, 3.63) is 42.3 Å². The van der Waals surface area contributed by atoms with Crippen LogP contribution in [0.4, 0.5) is 5.69 Å². The Morgan fingerprint density at radius 3 is 2.59 bits per heavy atom. The quantitative estimate of drug-likeness (QED) is 0.590. The zero-order valence-electron chi connectivity index (χ0n) is 10.5. The van der Waals surface area contributed by atoms with E-state index in [2.05, 4.69) is 16.8 Å². The minimum atomic E-state index is -0.0597. The van der Waals surface area contributed by atoms with Crippen LogP contribution < -0.4 is 4.90 Å². The lowest BCUT2D eigenvalue weighted by Gasteiger charge is -2.21. The molecular weight excluding hydrogens is 214 g/mol. The Bertz CT molecular complexity index is 433. The standard InChI is InChI=1S/C13H17N3O/c1-5-12(10(3)4)13(17)16(6-2)11-7-8-14-15-9-11/h5,7-9H,1,6H2,2-4H3. The van der Waals surface area contributed by atoms with Gasteiger partial charge in [-0.2, -0.15) is 10.2 Å². The van der Waals surface area contributed by atoms with Crippen molar-refractivity contribution >= 4 is 11.6 Å². The number of rotatable bonds is 4. The molecule has 0 N–H and O–H groups in total. The maximum atomic E-state index is 12.3. The second-order valence-electron chi connectivity index (χ2n) is 3.77. The number of allylic oxidation sites excluding steroid dienone is 1. The minimum absolute atomic E-state index is 0.0597. The fourth-order valence-corrected chi connectivity index (χ4v) is 1.54. The number of nitrogens with zero attached hydrogens (tertiary/aromatic N) is 3. The summed E-state index contributed by atoms with van der Waals surface area (Å²) in [6.07, 6.45) is 4.74. The van der Waals surface area contributed by atoms with E-state index >= 15 is 0 Å². The molecule has 0 aromatic carbocycles. The van der Waals surface area contributed by atoms with Gasteiger partial charge in [-0.1, -0.05) is 18.2 Å². The summed E-state index contributed by atoms with van der Waals surface area (Å²) >= 11 is 0. The summed E-state index contributed by atoms with van der Waals surface area (Å²) < 4.78 is 0. The van der Waals surface area contributed by atoms with Crippen molar-refractivity contribution in [3.8, 4) is 0 Å². The molecular formula is C13H17N3O. The van der Waals surface area contributed by atoms with Crippen LogP contribution in [0.1, 0.15) is 20.8 Å². The van der Waals surface area contributed by atoms with Crippen LogP contribution in [0.15, 0.2) is 42.3 Å². The Morgan fingerprint density at radius 1 is 1.47 bits per heavy atom. The average molecular weight is 231 g/mol. The largest absolute Gasteiger partial charge is 0.307 e. The highest BCUT2D eigenvalue weighted by Gasteiger charge is 2.17. The molecule has 0 saturated carbocycles. The van der Waals surface area contributed by atoms with Crippen LogP contribution in [-0.4, -0.2) is 22.6 Å². The highest BCUT2D eigenvalue weighted by Crippen LogP contribution is 2.16. The second-order valence-corrected chi connectivity index (χ2v) is 3.77. The SMILES string of the molecule is C=CC(C(=O)N(CC)c1ccnnc1)=C(C)C. The van der Waals surface area contributed by atoms with E-state index in [-0.39, 0.29) is 5.91 Å². The van der Waals surface area contributed by atoms with Gasteiger partial charge >= 0.3 is 0 Å². The number of carbonyl (C=O) groups is 1. The molecule has 0 aliphatic heterocycles. The first-order valence-corrected chi connectivity index (χ1v) is 5.50. The molecule has 17 heavy (non-hydrogen) atoms. The molecule has 0 aliphatic carbocycles. The van der Waals surface area contributed by atoms with E-state index < -0.39 is 0 Å². The van der Waals surface area contributed by atoms with Gasteiger partial charge in [0.25, 0.3) is 5.91 Å². The number of amides is 1. The second kappa shape index (κ2) is 5.94. The van der Waals surface area contributed by atoms with Crippen LogP contribution in [-0.2, 0) is 4.79 Å². The topological polar surface area (TPSA) is 46.1 Å². The van der Waals surface area contributed by atoms with E-state index in [0.29, 0.717) is 12.1 Å². The van der Waals surface area contributed by atoms with E-state index in [4.69, 9.17) is 0 Å². The lowest BCUT2D eigenvalue weighted by Crippen LogP contribution is -2.32. The molecule has 0 bridgehead atoms. The third-order valence-corrected chi connectivity index (χ3v) is 2.41. The van der Waals surface area contributed by atoms with Gasteiger partial charge in [0, 0.05) is 12.1 Å². The van der Waals surface area contributed by atoms with Crippen molar-refractivity contribution in [3.63, 3.8) is 0 Å². The average Bonchev–Trinajstić information content (AvgIpc) is 2.31. The van der Waals surface area contributed by atoms with Crippen LogP contribution in [0.3, 0.4) is 0 Å². The normalized spacial score (nSPS) is 9.59. The first kappa shape index (κ1) is 13.1. The van der Waals surface area contributed by atoms with Crippen molar-refractivity contribution in [1.29, 1.82) is 0 Å². The van der Waals surface area contributed by atoms with Crippen LogP contribution in [0.2, 0.25) is 0 Å². The van der Waals surface area contributed by atoms with E-state index in [1.54, 1.807) is 29.4 Å². The van der Waals surface area contributed by atoms with Gasteiger partial charge in [-0.15, -0.1) is 0 Å². The predicted octanol–water partition coefficient (Wildman–Crippen LogP) is 2.35. The van der Waals surface area contributed by atoms with E-state index in [0.717, 1.165) is 11.3 Å². The van der Waals surface area contributed by atoms with Gasteiger partial charge in [-0.05, 0) is 26.8 Å². The molecule has 0 radical (unpaired) electrons. The Hall–Kier alpha value is -1.97. The Kier molecular flexibility index (Phi) is 4.57. The summed E-state index contributed by atoms with van der Waals surface area (Å²) in [6, 6.07) is 1.76. The van der Waals surface area contributed by atoms with Gasteiger partial charge in [0.2, 0.25) is 0 Å². The van der Waals surface area contributed by atoms with Gasteiger partial charge in [0.15, 0.2) is 0 Å². The van der Waals surface area contributed by atoms with Crippen LogP contribution in [0.5, 0.6) is 0 Å². The Balaban J connectivity index is 3.09. The maximum Gasteiger partial charge on any atom is 0.258 e. The van der Waals surface area contributed by atoms with Gasteiger partial charge in [-0.25, -0.2) is 0 Å². The fourth-order valence-electron chi connectivity index (χ4n) is 1.54. The summed E-state index contributed by atoms with van der Waals surface area (Å²) in [5, 5.41) is 7.48. The minimum Gasteiger partial charge on any atom is -0.307 e. The zero-order chi connectivity index (χ0) is 12.8. The molecule has 4 nitrogen and oxygen atoms in total.